The molecule has 0 radical (unpaired) electrons. The smallest absolute Gasteiger partial charge is 0.229 e. The molecule has 1 aromatic rings. The Bertz CT molecular complexity index is 395. The molecule has 15 heavy (non-hydrogen) atoms. The first-order valence-electron chi connectivity index (χ1n) is 4.87. The molecule has 0 saturated carbocycles. The van der Waals surface area contributed by atoms with Crippen LogP contribution in [0.4, 0.5) is 0 Å². The first kappa shape index (κ1) is 11.3. The summed E-state index contributed by atoms with van der Waals surface area (Å²) < 4.78 is 1.85. The van der Waals surface area contributed by atoms with Crippen LogP contribution in [-0.4, -0.2) is 15.7 Å². The summed E-state index contributed by atoms with van der Waals surface area (Å²) in [5.41, 5.74) is 5.78. The summed E-state index contributed by atoms with van der Waals surface area (Å²) in [4.78, 5) is 10.4. The molecule has 0 saturated heterocycles. The maximum atomic E-state index is 10.4. The fraction of sp³-hybridized carbons (Fsp3) is 0.455. The zero-order valence-corrected chi connectivity index (χ0v) is 9.03. The van der Waals surface area contributed by atoms with E-state index in [1.54, 1.807) is 6.20 Å². The van der Waals surface area contributed by atoms with Crippen LogP contribution in [0, 0.1) is 17.8 Å². The second-order valence-corrected chi connectivity index (χ2v) is 3.79. The van der Waals surface area contributed by atoms with Crippen molar-refractivity contribution in [1.29, 1.82) is 0 Å². The number of carbonyl (C=O) groups is 1. The van der Waals surface area contributed by atoms with Crippen molar-refractivity contribution >= 4 is 5.91 Å². The molecular weight excluding hydrogens is 190 g/mol. The van der Waals surface area contributed by atoms with E-state index in [0.717, 1.165) is 12.1 Å². The van der Waals surface area contributed by atoms with E-state index in [1.165, 1.54) is 0 Å². The Morgan fingerprint density at radius 3 is 3.00 bits per heavy atom. The van der Waals surface area contributed by atoms with E-state index in [0.29, 0.717) is 5.92 Å². The van der Waals surface area contributed by atoms with Crippen molar-refractivity contribution in [3.05, 3.63) is 18.0 Å². The van der Waals surface area contributed by atoms with E-state index in [2.05, 4.69) is 30.8 Å². The molecule has 80 valence electrons. The van der Waals surface area contributed by atoms with Gasteiger partial charge in [0, 0.05) is 12.7 Å². The Balaban J connectivity index is 2.58. The molecule has 4 nitrogen and oxygen atoms in total. The molecule has 0 fully saturated rings. The van der Waals surface area contributed by atoms with Gasteiger partial charge in [-0.05, 0) is 5.92 Å². The molecule has 2 N–H and O–H groups in total. The second-order valence-electron chi connectivity index (χ2n) is 3.79. The average Bonchev–Trinajstić information content (AvgIpc) is 2.50. The van der Waals surface area contributed by atoms with Gasteiger partial charge in [-0.3, -0.25) is 9.48 Å². The molecule has 0 aliphatic carbocycles. The van der Waals surface area contributed by atoms with Crippen LogP contribution in [0.25, 0.3) is 0 Å². The van der Waals surface area contributed by atoms with Crippen LogP contribution in [0.5, 0.6) is 0 Å². The highest BCUT2D eigenvalue weighted by atomic mass is 16.1. The Kier molecular flexibility index (Phi) is 3.92. The third-order valence-corrected chi connectivity index (χ3v) is 1.68. The average molecular weight is 205 g/mol. The summed E-state index contributed by atoms with van der Waals surface area (Å²) in [6, 6.07) is 0. The summed E-state index contributed by atoms with van der Waals surface area (Å²) in [6.07, 6.45) is 3.65. The van der Waals surface area contributed by atoms with Gasteiger partial charge in [-0.1, -0.05) is 25.7 Å². The number of rotatable bonds is 3. The van der Waals surface area contributed by atoms with Gasteiger partial charge >= 0.3 is 0 Å². The zero-order valence-electron chi connectivity index (χ0n) is 9.03. The highest BCUT2D eigenvalue weighted by Crippen LogP contribution is 2.00. The third kappa shape index (κ3) is 4.32. The quantitative estimate of drug-likeness (QED) is 0.741. The highest BCUT2D eigenvalue weighted by molar-refractivity contribution is 5.76. The predicted octanol–water partition coefficient (Wildman–Crippen LogP) is 0.766. The first-order valence-corrected chi connectivity index (χ1v) is 4.87. The van der Waals surface area contributed by atoms with E-state index in [1.807, 2.05) is 10.9 Å². The lowest BCUT2D eigenvalue weighted by atomic mass is 10.2. The van der Waals surface area contributed by atoms with E-state index >= 15 is 0 Å². The number of aromatic nitrogens is 2. The molecule has 1 amide bonds. The molecule has 1 aromatic heterocycles. The normalized spacial score (nSPS) is 9.80. The minimum Gasteiger partial charge on any atom is -0.369 e. The third-order valence-electron chi connectivity index (χ3n) is 1.68. The molecule has 0 aliphatic rings. The van der Waals surface area contributed by atoms with Gasteiger partial charge in [-0.25, -0.2) is 0 Å². The largest absolute Gasteiger partial charge is 0.369 e. The van der Waals surface area contributed by atoms with Gasteiger partial charge in [-0.15, -0.1) is 0 Å². The van der Waals surface area contributed by atoms with Crippen molar-refractivity contribution in [1.82, 2.24) is 9.78 Å². The van der Waals surface area contributed by atoms with Crippen LogP contribution in [0.1, 0.15) is 25.8 Å². The molecule has 0 spiro atoms. The summed E-state index contributed by atoms with van der Waals surface area (Å²) in [5, 5.41) is 4.15. The topological polar surface area (TPSA) is 60.9 Å². The molecule has 0 bridgehead atoms. The van der Waals surface area contributed by atoms with Crippen LogP contribution in [0.2, 0.25) is 0 Å². The van der Waals surface area contributed by atoms with Gasteiger partial charge in [-0.2, -0.15) is 5.10 Å². The van der Waals surface area contributed by atoms with E-state index < -0.39 is 5.91 Å². The molecule has 0 aromatic carbocycles. The number of hydrogen-bond acceptors (Lipinski definition) is 2. The number of amides is 1. The molecule has 1 rings (SSSR count). The number of primary amides is 1. The van der Waals surface area contributed by atoms with Gasteiger partial charge in [0.1, 0.15) is 0 Å². The van der Waals surface area contributed by atoms with Crippen molar-refractivity contribution < 1.29 is 4.79 Å². The van der Waals surface area contributed by atoms with Crippen LogP contribution in [-0.2, 0) is 11.3 Å². The first-order chi connectivity index (χ1) is 7.08. The maximum Gasteiger partial charge on any atom is 0.229 e. The molecular formula is C11H15N3O. The lowest BCUT2D eigenvalue weighted by molar-refractivity contribution is -0.117. The van der Waals surface area contributed by atoms with Gasteiger partial charge in [0.15, 0.2) is 0 Å². The van der Waals surface area contributed by atoms with Crippen molar-refractivity contribution in [3.8, 4) is 11.8 Å². The molecule has 0 aliphatic heterocycles. The number of nitrogens with two attached hydrogens (primary N) is 1. The molecule has 1 heterocycles. The lowest BCUT2D eigenvalue weighted by Crippen LogP contribution is -2.08. The lowest BCUT2D eigenvalue weighted by Gasteiger charge is -2.02. The second kappa shape index (κ2) is 5.20. The summed E-state index contributed by atoms with van der Waals surface area (Å²) in [7, 11) is 0. The van der Waals surface area contributed by atoms with Crippen molar-refractivity contribution in [2.75, 3.05) is 0 Å². The van der Waals surface area contributed by atoms with Crippen LogP contribution in [0.15, 0.2) is 12.4 Å². The van der Waals surface area contributed by atoms with Crippen molar-refractivity contribution in [2.24, 2.45) is 11.7 Å². The zero-order chi connectivity index (χ0) is 11.3. The Hall–Kier alpha value is -1.76. The number of carbonyl (C=O) groups excluding carboxylic acids is 1. The Morgan fingerprint density at radius 2 is 2.40 bits per heavy atom. The van der Waals surface area contributed by atoms with Gasteiger partial charge in [0.05, 0.1) is 18.2 Å². The van der Waals surface area contributed by atoms with Gasteiger partial charge in [0.25, 0.3) is 0 Å². The fourth-order valence-electron chi connectivity index (χ4n) is 1.14. The van der Waals surface area contributed by atoms with Gasteiger partial charge < -0.3 is 5.73 Å². The van der Waals surface area contributed by atoms with Crippen molar-refractivity contribution in [3.63, 3.8) is 0 Å². The predicted molar refractivity (Wildman–Crippen MR) is 57.8 cm³/mol. The standard InChI is InChI=1S/C11H15N3O/c1-9(2)7-14-8-10(6-13-14)4-3-5-11(12)15/h6,8-9H,5,7H2,1-2H3,(H2,12,15). The van der Waals surface area contributed by atoms with Crippen molar-refractivity contribution in [2.45, 2.75) is 26.8 Å². The van der Waals surface area contributed by atoms with Gasteiger partial charge in [0.2, 0.25) is 5.91 Å². The van der Waals surface area contributed by atoms with Crippen LogP contribution >= 0.6 is 0 Å². The summed E-state index contributed by atoms with van der Waals surface area (Å²) >= 11 is 0. The van der Waals surface area contributed by atoms with E-state index in [4.69, 9.17) is 5.73 Å². The van der Waals surface area contributed by atoms with Crippen LogP contribution in [0.3, 0.4) is 0 Å². The van der Waals surface area contributed by atoms with E-state index in [-0.39, 0.29) is 6.42 Å². The van der Waals surface area contributed by atoms with Crippen LogP contribution < -0.4 is 5.73 Å². The highest BCUT2D eigenvalue weighted by Gasteiger charge is 1.98. The minimum absolute atomic E-state index is 0.0926. The maximum absolute atomic E-state index is 10.4. The molecule has 0 atom stereocenters. The summed E-state index contributed by atoms with van der Waals surface area (Å²) in [6.45, 7) is 5.12. The minimum atomic E-state index is -0.405. The fourth-order valence-corrected chi connectivity index (χ4v) is 1.14. The number of hydrogen-bond donors (Lipinski definition) is 1. The monoisotopic (exact) mass is 205 g/mol. The Morgan fingerprint density at radius 1 is 1.67 bits per heavy atom. The molecule has 4 heteroatoms. The van der Waals surface area contributed by atoms with E-state index in [9.17, 15) is 4.79 Å². The summed E-state index contributed by atoms with van der Waals surface area (Å²) in [5.74, 6) is 5.67. The SMILES string of the molecule is CC(C)Cn1cc(C#CCC(N)=O)cn1. The molecule has 0 unspecified atom stereocenters. The number of nitrogens with zero attached hydrogens (tertiary/aromatic N) is 2. The Labute approximate surface area is 89.5 Å².